The van der Waals surface area contributed by atoms with Crippen molar-refractivity contribution < 1.29 is 8.83 Å². The summed E-state index contributed by atoms with van der Waals surface area (Å²) in [5.41, 5.74) is 11.7. The molecule has 0 radical (unpaired) electrons. The molecule has 0 atom stereocenters. The Morgan fingerprint density at radius 1 is 0.500 bits per heavy atom. The van der Waals surface area contributed by atoms with Crippen LogP contribution in [-0.2, 0) is 5.41 Å². The van der Waals surface area contributed by atoms with Crippen LogP contribution < -0.4 is 4.90 Å². The molecular formula is C43H29NO2. The van der Waals surface area contributed by atoms with Crippen molar-refractivity contribution in [2.75, 3.05) is 4.90 Å². The third-order valence-corrected chi connectivity index (χ3v) is 10.0. The predicted octanol–water partition coefficient (Wildman–Crippen LogP) is 12.4. The molecule has 2 heterocycles. The summed E-state index contributed by atoms with van der Waals surface area (Å²) < 4.78 is 13.5. The second-order valence-electron chi connectivity index (χ2n) is 12.9. The van der Waals surface area contributed by atoms with E-state index in [2.05, 4.69) is 146 Å². The summed E-state index contributed by atoms with van der Waals surface area (Å²) in [7, 11) is 0. The smallest absolute Gasteiger partial charge is 0.160 e. The van der Waals surface area contributed by atoms with Crippen molar-refractivity contribution in [1.29, 1.82) is 0 Å². The van der Waals surface area contributed by atoms with Gasteiger partial charge in [0, 0.05) is 32.6 Å². The van der Waals surface area contributed by atoms with Crippen molar-refractivity contribution in [3.8, 4) is 11.1 Å². The average Bonchev–Trinajstić information content (AvgIpc) is 3.73. The van der Waals surface area contributed by atoms with E-state index >= 15 is 0 Å². The summed E-state index contributed by atoms with van der Waals surface area (Å²) in [6, 6.07) is 49.8. The van der Waals surface area contributed by atoms with E-state index < -0.39 is 0 Å². The molecule has 0 unspecified atom stereocenters. The maximum Gasteiger partial charge on any atom is 0.160 e. The first-order valence-electron chi connectivity index (χ1n) is 15.9. The SMILES string of the molecule is CC1(C)c2ccccc2-c2ccc(N(c3cccc4ccccc34)c3c4oc5ccccc5c4cc4oc5ccccc5c34)cc21. The van der Waals surface area contributed by atoms with Crippen LogP contribution in [0.4, 0.5) is 17.1 Å². The molecule has 0 bridgehead atoms. The molecule has 1 aliphatic carbocycles. The highest BCUT2D eigenvalue weighted by atomic mass is 16.3. The topological polar surface area (TPSA) is 29.5 Å². The van der Waals surface area contributed by atoms with E-state index in [1.807, 2.05) is 12.1 Å². The summed E-state index contributed by atoms with van der Waals surface area (Å²) in [6.07, 6.45) is 0. The molecule has 0 saturated heterocycles. The van der Waals surface area contributed by atoms with E-state index in [4.69, 9.17) is 8.83 Å². The average molecular weight is 592 g/mol. The molecule has 0 fully saturated rings. The third-order valence-electron chi connectivity index (χ3n) is 10.0. The Morgan fingerprint density at radius 2 is 1.17 bits per heavy atom. The van der Waals surface area contributed by atoms with Crippen LogP contribution >= 0.6 is 0 Å². The molecule has 0 N–H and O–H groups in total. The summed E-state index contributed by atoms with van der Waals surface area (Å²) in [4.78, 5) is 2.41. The lowest BCUT2D eigenvalue weighted by atomic mass is 9.82. The monoisotopic (exact) mass is 591 g/mol. The Morgan fingerprint density at radius 3 is 2.04 bits per heavy atom. The zero-order valence-corrected chi connectivity index (χ0v) is 25.5. The molecule has 9 aromatic rings. The van der Waals surface area contributed by atoms with Crippen molar-refractivity contribution in [1.82, 2.24) is 0 Å². The molecule has 7 aromatic carbocycles. The van der Waals surface area contributed by atoms with Crippen LogP contribution in [-0.4, -0.2) is 0 Å². The third kappa shape index (κ3) is 3.37. The Hall–Kier alpha value is -5.80. The van der Waals surface area contributed by atoms with Gasteiger partial charge in [0.25, 0.3) is 0 Å². The highest BCUT2D eigenvalue weighted by Gasteiger charge is 2.36. The van der Waals surface area contributed by atoms with Crippen LogP contribution in [0.2, 0.25) is 0 Å². The van der Waals surface area contributed by atoms with Crippen molar-refractivity contribution in [3.63, 3.8) is 0 Å². The predicted molar refractivity (Wildman–Crippen MR) is 191 cm³/mol. The minimum absolute atomic E-state index is 0.143. The highest BCUT2D eigenvalue weighted by Crippen LogP contribution is 2.54. The minimum Gasteiger partial charge on any atom is -0.456 e. The molecule has 218 valence electrons. The number of nitrogens with zero attached hydrogens (tertiary/aromatic N) is 1. The van der Waals surface area contributed by atoms with E-state index in [1.165, 1.54) is 33.0 Å². The fraction of sp³-hybridized carbons (Fsp3) is 0.0698. The van der Waals surface area contributed by atoms with E-state index in [1.54, 1.807) is 0 Å². The number of anilines is 3. The molecule has 3 heteroatoms. The maximum absolute atomic E-state index is 6.85. The summed E-state index contributed by atoms with van der Waals surface area (Å²) in [5.74, 6) is 0. The molecule has 0 aliphatic heterocycles. The molecule has 2 aromatic heterocycles. The number of hydrogen-bond acceptors (Lipinski definition) is 3. The lowest BCUT2D eigenvalue weighted by Gasteiger charge is -2.29. The van der Waals surface area contributed by atoms with Crippen molar-refractivity contribution >= 4 is 71.7 Å². The van der Waals surface area contributed by atoms with Crippen LogP contribution in [0.5, 0.6) is 0 Å². The standard InChI is InChI=1S/C43H29NO2/c1-43(2)34-18-8-5-15-29(34)30-23-22-27(24-35(30)43)44(36-19-11-13-26-12-3-4-14-28(26)36)41-40-32-17-7-10-21-38(32)45-39(40)25-33-31-16-6-9-20-37(31)46-42(33)41/h3-25H,1-2H3. The van der Waals surface area contributed by atoms with Gasteiger partial charge < -0.3 is 13.7 Å². The van der Waals surface area contributed by atoms with Gasteiger partial charge in [-0.3, -0.25) is 0 Å². The quantitative estimate of drug-likeness (QED) is 0.205. The fourth-order valence-electron chi connectivity index (χ4n) is 7.88. The van der Waals surface area contributed by atoms with E-state index in [-0.39, 0.29) is 5.41 Å². The van der Waals surface area contributed by atoms with Crippen molar-refractivity contribution in [2.24, 2.45) is 0 Å². The molecule has 0 spiro atoms. The van der Waals surface area contributed by atoms with Gasteiger partial charge in [-0.2, -0.15) is 0 Å². The Bertz CT molecular complexity index is 2680. The zero-order chi connectivity index (χ0) is 30.6. The largest absolute Gasteiger partial charge is 0.456 e. The second-order valence-corrected chi connectivity index (χ2v) is 12.9. The lowest BCUT2D eigenvalue weighted by molar-refractivity contribution is 0.660. The van der Waals surface area contributed by atoms with Gasteiger partial charge in [-0.1, -0.05) is 117 Å². The molecule has 0 amide bonds. The highest BCUT2D eigenvalue weighted by molar-refractivity contribution is 6.25. The number of rotatable bonds is 3. The molecule has 1 aliphatic rings. The molecular weight excluding hydrogens is 562 g/mol. The molecule has 46 heavy (non-hydrogen) atoms. The van der Waals surface area contributed by atoms with Gasteiger partial charge in [-0.25, -0.2) is 0 Å². The Balaban J connectivity index is 1.38. The van der Waals surface area contributed by atoms with E-state index in [0.29, 0.717) is 0 Å². The summed E-state index contributed by atoms with van der Waals surface area (Å²) in [5, 5.41) is 6.57. The van der Waals surface area contributed by atoms with Crippen LogP contribution in [0, 0.1) is 0 Å². The van der Waals surface area contributed by atoms with Gasteiger partial charge in [0.2, 0.25) is 0 Å². The summed E-state index contributed by atoms with van der Waals surface area (Å²) in [6.45, 7) is 4.68. The first-order chi connectivity index (χ1) is 22.6. The fourth-order valence-corrected chi connectivity index (χ4v) is 7.88. The molecule has 0 saturated carbocycles. The maximum atomic E-state index is 6.85. The first-order valence-corrected chi connectivity index (χ1v) is 15.9. The van der Waals surface area contributed by atoms with E-state index in [9.17, 15) is 0 Å². The number of fused-ring (bicyclic) bond motifs is 10. The Labute approximate surface area is 265 Å². The van der Waals surface area contributed by atoms with Gasteiger partial charge >= 0.3 is 0 Å². The normalized spacial score (nSPS) is 13.6. The van der Waals surface area contributed by atoms with Crippen LogP contribution in [0.25, 0.3) is 65.8 Å². The number of benzene rings is 7. The van der Waals surface area contributed by atoms with Gasteiger partial charge in [0.15, 0.2) is 5.58 Å². The van der Waals surface area contributed by atoms with Crippen molar-refractivity contribution in [3.05, 3.63) is 151 Å². The van der Waals surface area contributed by atoms with Crippen LogP contribution in [0.15, 0.2) is 148 Å². The van der Waals surface area contributed by atoms with Gasteiger partial charge in [-0.05, 0) is 64.0 Å². The number of hydrogen-bond donors (Lipinski definition) is 0. The van der Waals surface area contributed by atoms with Gasteiger partial charge in [-0.15, -0.1) is 0 Å². The lowest BCUT2D eigenvalue weighted by Crippen LogP contribution is -2.17. The number of furan rings is 2. The van der Waals surface area contributed by atoms with Crippen LogP contribution in [0.3, 0.4) is 0 Å². The molecule has 3 nitrogen and oxygen atoms in total. The second kappa shape index (κ2) is 9.12. The zero-order valence-electron chi connectivity index (χ0n) is 25.5. The van der Waals surface area contributed by atoms with E-state index in [0.717, 1.165) is 60.9 Å². The molecule has 10 rings (SSSR count). The number of para-hydroxylation sites is 2. The minimum atomic E-state index is -0.143. The Kier molecular flexibility index (Phi) is 5.06. The van der Waals surface area contributed by atoms with Crippen LogP contribution in [0.1, 0.15) is 25.0 Å². The van der Waals surface area contributed by atoms with Gasteiger partial charge in [0.1, 0.15) is 22.4 Å². The van der Waals surface area contributed by atoms with Crippen molar-refractivity contribution in [2.45, 2.75) is 19.3 Å². The van der Waals surface area contributed by atoms with Gasteiger partial charge in [0.05, 0.1) is 11.1 Å². The summed E-state index contributed by atoms with van der Waals surface area (Å²) >= 11 is 0. The first kappa shape index (κ1) is 25.5.